The summed E-state index contributed by atoms with van der Waals surface area (Å²) in [6.45, 7) is 0. The Morgan fingerprint density at radius 2 is 1.16 bits per heavy atom. The number of allylic oxidation sites excluding steroid dienone is 2. The largest absolute Gasteiger partial charge is 0.508 e. The fourth-order valence-electron chi connectivity index (χ4n) is 1.70. The van der Waals surface area contributed by atoms with Crippen LogP contribution in [0.3, 0.4) is 0 Å². The van der Waals surface area contributed by atoms with Crippen molar-refractivity contribution in [2.45, 2.75) is 24.4 Å². The van der Waals surface area contributed by atoms with E-state index in [2.05, 4.69) is 0 Å². The summed E-state index contributed by atoms with van der Waals surface area (Å²) in [5.41, 5.74) is 0. The molecule has 0 unspecified atom stereocenters. The van der Waals surface area contributed by atoms with Crippen LogP contribution in [0.5, 0.6) is 0 Å². The smallest absolute Gasteiger partial charge is 0.190 e. The van der Waals surface area contributed by atoms with E-state index >= 15 is 0 Å². The average Bonchev–Trinajstić information content (AvgIpc) is 2.23. The fraction of sp³-hybridized carbons (Fsp3) is 0.333. The molecule has 0 radical (unpaired) electrons. The van der Waals surface area contributed by atoms with Gasteiger partial charge in [0.1, 0.15) is 11.5 Å². The molecule has 19 heavy (non-hydrogen) atoms. The van der Waals surface area contributed by atoms with Crippen molar-refractivity contribution in [3.63, 3.8) is 0 Å². The van der Waals surface area contributed by atoms with Crippen LogP contribution >= 0.6 is 0 Å². The van der Waals surface area contributed by atoms with Gasteiger partial charge in [-0.3, -0.25) is 0 Å². The third-order valence-electron chi connectivity index (χ3n) is 2.65. The van der Waals surface area contributed by atoms with Crippen LogP contribution in [0.15, 0.2) is 47.3 Å². The summed E-state index contributed by atoms with van der Waals surface area (Å²) in [7, 11) is 0. The first kappa shape index (κ1) is 13.6. The zero-order valence-electron chi connectivity index (χ0n) is 9.82. The number of rotatable bonds is 2. The Bertz CT molecular complexity index is 462. The van der Waals surface area contributed by atoms with Crippen LogP contribution in [0.2, 0.25) is 0 Å². The van der Waals surface area contributed by atoms with Crippen molar-refractivity contribution in [1.82, 2.24) is 0 Å². The molecule has 0 spiro atoms. The van der Waals surface area contributed by atoms with Crippen LogP contribution in [-0.2, 0) is 4.74 Å². The average molecular weight is 270 g/mol. The number of aliphatic hydroxyl groups is 6. The second-order valence-electron chi connectivity index (χ2n) is 4.50. The standard InChI is InChI=1S/C12H14O7/c13-7-5-11(15,16)3-1-9(7)19-10-2-4-12(17,18)6-8(10)14/h1-4,13-18H,5-6H2. The van der Waals surface area contributed by atoms with Gasteiger partial charge in [0.2, 0.25) is 0 Å². The Balaban J connectivity index is 2.16. The minimum absolute atomic E-state index is 0.0618. The molecule has 0 saturated heterocycles. The van der Waals surface area contributed by atoms with Crippen molar-refractivity contribution in [3.05, 3.63) is 47.3 Å². The highest BCUT2D eigenvalue weighted by Crippen LogP contribution is 2.29. The molecular weight excluding hydrogens is 256 g/mol. The van der Waals surface area contributed by atoms with E-state index in [1.165, 1.54) is 0 Å². The predicted molar refractivity (Wildman–Crippen MR) is 62.2 cm³/mol. The zero-order valence-corrected chi connectivity index (χ0v) is 9.82. The molecule has 7 nitrogen and oxygen atoms in total. The number of ether oxygens (including phenoxy) is 1. The quantitative estimate of drug-likeness (QED) is 0.384. The zero-order chi connectivity index (χ0) is 14.3. The van der Waals surface area contributed by atoms with E-state index in [0.29, 0.717) is 0 Å². The molecule has 2 rings (SSSR count). The topological polar surface area (TPSA) is 131 Å². The third-order valence-corrected chi connectivity index (χ3v) is 2.65. The predicted octanol–water partition coefficient (Wildman–Crippen LogP) is -0.176. The van der Waals surface area contributed by atoms with Crippen LogP contribution in [0.1, 0.15) is 12.8 Å². The van der Waals surface area contributed by atoms with Gasteiger partial charge in [-0.25, -0.2) is 0 Å². The summed E-state index contributed by atoms with van der Waals surface area (Å²) >= 11 is 0. The molecule has 0 atom stereocenters. The molecule has 0 saturated carbocycles. The molecule has 6 N–H and O–H groups in total. The van der Waals surface area contributed by atoms with Crippen LogP contribution in [-0.4, -0.2) is 42.2 Å². The van der Waals surface area contributed by atoms with E-state index in [9.17, 15) is 30.6 Å². The molecule has 0 heterocycles. The van der Waals surface area contributed by atoms with Crippen LogP contribution in [0.4, 0.5) is 0 Å². The SMILES string of the molecule is OC1=C(OC2=C(O)CC(O)(O)C=C2)C=CC(O)(O)C1. The Hall–Kier alpha value is -1.80. The highest BCUT2D eigenvalue weighted by molar-refractivity contribution is 5.31. The molecule has 0 aromatic heterocycles. The second kappa shape index (κ2) is 4.39. The second-order valence-corrected chi connectivity index (χ2v) is 4.50. The van der Waals surface area contributed by atoms with Gasteiger partial charge in [-0.15, -0.1) is 0 Å². The lowest BCUT2D eigenvalue weighted by atomic mass is 10.0. The maximum atomic E-state index is 9.58. The van der Waals surface area contributed by atoms with Crippen LogP contribution < -0.4 is 0 Å². The maximum absolute atomic E-state index is 9.58. The number of hydrogen-bond donors (Lipinski definition) is 6. The summed E-state index contributed by atoms with van der Waals surface area (Å²) in [5.74, 6) is -5.19. The highest BCUT2D eigenvalue weighted by atomic mass is 16.5. The summed E-state index contributed by atoms with van der Waals surface area (Å²) in [5, 5.41) is 56.2. The lowest BCUT2D eigenvalue weighted by Gasteiger charge is -2.25. The van der Waals surface area contributed by atoms with Gasteiger partial charge < -0.3 is 35.4 Å². The summed E-state index contributed by atoms with van der Waals surface area (Å²) in [6.07, 6.45) is 3.45. The maximum Gasteiger partial charge on any atom is 0.190 e. The molecule has 2 aliphatic carbocycles. The Kier molecular flexibility index (Phi) is 3.15. The van der Waals surface area contributed by atoms with Crippen molar-refractivity contribution in [2.24, 2.45) is 0 Å². The molecule has 0 aliphatic heterocycles. The molecule has 2 aliphatic rings. The Morgan fingerprint density at radius 1 is 0.789 bits per heavy atom. The lowest BCUT2D eigenvalue weighted by Crippen LogP contribution is -2.29. The van der Waals surface area contributed by atoms with Gasteiger partial charge >= 0.3 is 0 Å². The van der Waals surface area contributed by atoms with Crippen molar-refractivity contribution in [1.29, 1.82) is 0 Å². The summed E-state index contributed by atoms with van der Waals surface area (Å²) < 4.78 is 5.18. The first-order valence-electron chi connectivity index (χ1n) is 5.49. The van der Waals surface area contributed by atoms with Crippen molar-refractivity contribution >= 4 is 0 Å². The van der Waals surface area contributed by atoms with Gasteiger partial charge in [-0.1, -0.05) is 0 Å². The first-order valence-corrected chi connectivity index (χ1v) is 5.49. The molecule has 0 bridgehead atoms. The van der Waals surface area contributed by atoms with E-state index in [4.69, 9.17) is 4.74 Å². The van der Waals surface area contributed by atoms with E-state index in [1.54, 1.807) is 0 Å². The van der Waals surface area contributed by atoms with Crippen molar-refractivity contribution in [3.8, 4) is 0 Å². The van der Waals surface area contributed by atoms with E-state index < -0.39 is 35.9 Å². The summed E-state index contributed by atoms with van der Waals surface area (Å²) in [4.78, 5) is 0. The van der Waals surface area contributed by atoms with Crippen LogP contribution in [0, 0.1) is 0 Å². The lowest BCUT2D eigenvalue weighted by molar-refractivity contribution is -0.124. The normalized spacial score (nSPS) is 24.8. The van der Waals surface area contributed by atoms with Gasteiger partial charge in [-0.2, -0.15) is 0 Å². The monoisotopic (exact) mass is 270 g/mol. The van der Waals surface area contributed by atoms with E-state index in [-0.39, 0.29) is 11.5 Å². The van der Waals surface area contributed by atoms with Gasteiger partial charge in [0.05, 0.1) is 12.8 Å². The molecule has 0 amide bonds. The molecular formula is C12H14O7. The van der Waals surface area contributed by atoms with Crippen molar-refractivity contribution in [2.75, 3.05) is 0 Å². The van der Waals surface area contributed by atoms with Gasteiger partial charge in [0.25, 0.3) is 0 Å². The molecule has 0 fully saturated rings. The van der Waals surface area contributed by atoms with E-state index in [0.717, 1.165) is 24.3 Å². The number of aliphatic hydroxyl groups excluding tert-OH is 2. The van der Waals surface area contributed by atoms with Crippen molar-refractivity contribution < 1.29 is 35.4 Å². The fourth-order valence-corrected chi connectivity index (χ4v) is 1.70. The molecule has 0 aromatic rings. The van der Waals surface area contributed by atoms with E-state index in [1.807, 2.05) is 0 Å². The first-order chi connectivity index (χ1) is 8.69. The van der Waals surface area contributed by atoms with Gasteiger partial charge in [-0.05, 0) is 24.3 Å². The molecule has 104 valence electrons. The summed E-state index contributed by atoms with van der Waals surface area (Å²) in [6, 6.07) is 0. The number of hydrogen-bond acceptors (Lipinski definition) is 7. The molecule has 7 heteroatoms. The minimum atomic E-state index is -2.14. The molecule has 0 aromatic carbocycles. The Morgan fingerprint density at radius 3 is 1.47 bits per heavy atom. The third kappa shape index (κ3) is 3.15. The Labute approximate surface area is 108 Å². The minimum Gasteiger partial charge on any atom is -0.508 e. The van der Waals surface area contributed by atoms with Gasteiger partial charge in [0, 0.05) is 0 Å². The van der Waals surface area contributed by atoms with Crippen LogP contribution in [0.25, 0.3) is 0 Å². The highest BCUT2D eigenvalue weighted by Gasteiger charge is 2.30. The van der Waals surface area contributed by atoms with Gasteiger partial charge in [0.15, 0.2) is 23.1 Å².